The number of aromatic nitrogens is 1. The number of hydrogen-bond acceptors (Lipinski definition) is 4. The van der Waals surface area contributed by atoms with Crippen molar-refractivity contribution in [1.29, 1.82) is 5.26 Å². The highest BCUT2D eigenvalue weighted by Gasteiger charge is 2.27. The summed E-state index contributed by atoms with van der Waals surface area (Å²) in [5, 5.41) is 8.78. The fourth-order valence-electron chi connectivity index (χ4n) is 2.19. The van der Waals surface area contributed by atoms with Crippen molar-refractivity contribution < 1.29 is 4.79 Å². The molecule has 0 N–H and O–H groups in total. The fourth-order valence-corrected chi connectivity index (χ4v) is 2.19. The number of likely N-dealkylation sites (N-methyl/N-ethyl adjacent to an activating group) is 2. The van der Waals surface area contributed by atoms with E-state index in [0.29, 0.717) is 5.69 Å². The van der Waals surface area contributed by atoms with Gasteiger partial charge in [-0.15, -0.1) is 0 Å². The van der Waals surface area contributed by atoms with Gasteiger partial charge >= 0.3 is 0 Å². The minimum Gasteiger partial charge on any atom is -0.336 e. The molecule has 94 valence electrons. The largest absolute Gasteiger partial charge is 0.336 e. The Morgan fingerprint density at radius 2 is 2.39 bits per heavy atom. The molecule has 0 saturated carbocycles. The summed E-state index contributed by atoms with van der Waals surface area (Å²) in [5.41, 5.74) is 0.615. The minimum atomic E-state index is -0.118. The summed E-state index contributed by atoms with van der Waals surface area (Å²) in [6, 6.07) is 7.12. The maximum atomic E-state index is 12.2. The molecule has 2 heterocycles. The van der Waals surface area contributed by atoms with Crippen LogP contribution < -0.4 is 0 Å². The van der Waals surface area contributed by atoms with Gasteiger partial charge in [-0.1, -0.05) is 6.07 Å². The van der Waals surface area contributed by atoms with E-state index in [0.717, 1.165) is 19.5 Å². The number of likely N-dealkylation sites (tertiary alicyclic amines) is 1. The lowest BCUT2D eigenvalue weighted by atomic mass is 10.2. The Hall–Kier alpha value is -1.93. The van der Waals surface area contributed by atoms with Gasteiger partial charge in [-0.05, 0) is 32.1 Å². The molecule has 5 nitrogen and oxygen atoms in total. The van der Waals surface area contributed by atoms with Gasteiger partial charge in [0.2, 0.25) is 0 Å². The highest BCUT2D eigenvalue weighted by Crippen LogP contribution is 2.14. The molecule has 0 radical (unpaired) electrons. The monoisotopic (exact) mass is 244 g/mol. The molecular weight excluding hydrogens is 228 g/mol. The Labute approximate surface area is 107 Å². The number of nitriles is 1. The van der Waals surface area contributed by atoms with Crippen molar-refractivity contribution in [2.45, 2.75) is 12.5 Å². The van der Waals surface area contributed by atoms with Crippen LogP contribution in [0.25, 0.3) is 0 Å². The Morgan fingerprint density at radius 3 is 3.00 bits per heavy atom. The number of pyridine rings is 1. The van der Waals surface area contributed by atoms with E-state index in [-0.39, 0.29) is 17.6 Å². The van der Waals surface area contributed by atoms with E-state index < -0.39 is 0 Å². The molecule has 1 unspecified atom stereocenters. The molecular formula is C13H16N4O. The van der Waals surface area contributed by atoms with Gasteiger partial charge in [-0.3, -0.25) is 4.79 Å². The normalized spacial score (nSPS) is 19.5. The first-order valence-corrected chi connectivity index (χ1v) is 5.94. The lowest BCUT2D eigenvalue weighted by Gasteiger charge is -2.24. The van der Waals surface area contributed by atoms with Crippen molar-refractivity contribution in [3.8, 4) is 6.07 Å². The van der Waals surface area contributed by atoms with E-state index >= 15 is 0 Å². The molecule has 1 atom stereocenters. The summed E-state index contributed by atoms with van der Waals surface area (Å²) < 4.78 is 0. The predicted molar refractivity (Wildman–Crippen MR) is 66.9 cm³/mol. The van der Waals surface area contributed by atoms with Crippen LogP contribution in [-0.2, 0) is 0 Å². The van der Waals surface area contributed by atoms with Crippen LogP contribution in [0.4, 0.5) is 0 Å². The maximum absolute atomic E-state index is 12.2. The second-order valence-corrected chi connectivity index (χ2v) is 4.64. The Balaban J connectivity index is 2.13. The van der Waals surface area contributed by atoms with E-state index in [9.17, 15) is 4.79 Å². The van der Waals surface area contributed by atoms with Gasteiger partial charge in [0.05, 0.1) is 0 Å². The third-order valence-corrected chi connectivity index (χ3v) is 3.32. The van der Waals surface area contributed by atoms with Crippen LogP contribution in [0.2, 0.25) is 0 Å². The van der Waals surface area contributed by atoms with Crippen LogP contribution in [-0.4, -0.2) is 53.9 Å². The van der Waals surface area contributed by atoms with Gasteiger partial charge in [-0.2, -0.15) is 5.26 Å². The molecule has 1 aliphatic rings. The van der Waals surface area contributed by atoms with Crippen LogP contribution in [0.1, 0.15) is 22.6 Å². The number of carbonyl (C=O) groups excluding carboxylic acids is 1. The lowest BCUT2D eigenvalue weighted by Crippen LogP contribution is -2.39. The highest BCUT2D eigenvalue weighted by molar-refractivity contribution is 5.92. The van der Waals surface area contributed by atoms with Gasteiger partial charge in [0.15, 0.2) is 0 Å². The quantitative estimate of drug-likeness (QED) is 0.769. The maximum Gasteiger partial charge on any atom is 0.272 e. The van der Waals surface area contributed by atoms with Crippen LogP contribution in [0.15, 0.2) is 18.2 Å². The number of amides is 1. The lowest BCUT2D eigenvalue weighted by molar-refractivity contribution is 0.0731. The number of rotatable bonds is 2. The second-order valence-electron chi connectivity index (χ2n) is 4.64. The zero-order valence-electron chi connectivity index (χ0n) is 10.6. The molecule has 0 spiro atoms. The summed E-state index contributed by atoms with van der Waals surface area (Å²) in [6.07, 6.45) is 0.983. The van der Waals surface area contributed by atoms with Crippen LogP contribution in [0, 0.1) is 11.3 Å². The molecule has 1 amide bonds. The molecule has 1 aromatic rings. The molecule has 0 aromatic carbocycles. The summed E-state index contributed by atoms with van der Waals surface area (Å²) >= 11 is 0. The molecule has 1 aromatic heterocycles. The van der Waals surface area contributed by atoms with Crippen molar-refractivity contribution >= 4 is 5.91 Å². The zero-order chi connectivity index (χ0) is 13.1. The van der Waals surface area contributed by atoms with E-state index in [2.05, 4.69) is 9.88 Å². The van der Waals surface area contributed by atoms with E-state index in [1.165, 1.54) is 0 Å². The van der Waals surface area contributed by atoms with Crippen LogP contribution >= 0.6 is 0 Å². The zero-order valence-corrected chi connectivity index (χ0v) is 10.6. The minimum absolute atomic E-state index is 0.118. The summed E-state index contributed by atoms with van der Waals surface area (Å²) in [4.78, 5) is 20.2. The third-order valence-electron chi connectivity index (χ3n) is 3.32. The molecule has 18 heavy (non-hydrogen) atoms. The molecule has 0 bridgehead atoms. The van der Waals surface area contributed by atoms with Crippen molar-refractivity contribution in [2.24, 2.45) is 0 Å². The number of hydrogen-bond donors (Lipinski definition) is 0. The topological polar surface area (TPSA) is 60.2 Å². The fraction of sp³-hybridized carbons (Fsp3) is 0.462. The third kappa shape index (κ3) is 2.49. The van der Waals surface area contributed by atoms with Crippen LogP contribution in [0.3, 0.4) is 0 Å². The molecule has 1 saturated heterocycles. The van der Waals surface area contributed by atoms with E-state index in [4.69, 9.17) is 5.26 Å². The summed E-state index contributed by atoms with van der Waals surface area (Å²) in [6.45, 7) is 1.90. The summed E-state index contributed by atoms with van der Waals surface area (Å²) in [5.74, 6) is -0.118. The molecule has 2 rings (SSSR count). The van der Waals surface area contributed by atoms with Gasteiger partial charge in [0.25, 0.3) is 5.91 Å². The second kappa shape index (κ2) is 5.15. The molecule has 5 heteroatoms. The van der Waals surface area contributed by atoms with Gasteiger partial charge in [0.1, 0.15) is 17.5 Å². The number of nitrogens with zero attached hydrogens (tertiary/aromatic N) is 4. The van der Waals surface area contributed by atoms with Crippen molar-refractivity contribution in [1.82, 2.24) is 14.8 Å². The number of carbonyl (C=O) groups is 1. The highest BCUT2D eigenvalue weighted by atomic mass is 16.2. The Bertz CT molecular complexity index is 494. The first-order chi connectivity index (χ1) is 8.61. The van der Waals surface area contributed by atoms with Gasteiger partial charge in [-0.25, -0.2) is 4.98 Å². The Morgan fingerprint density at radius 1 is 1.61 bits per heavy atom. The van der Waals surface area contributed by atoms with Crippen LogP contribution in [0.5, 0.6) is 0 Å². The van der Waals surface area contributed by atoms with Crippen molar-refractivity contribution in [2.75, 3.05) is 27.2 Å². The van der Waals surface area contributed by atoms with Gasteiger partial charge in [0, 0.05) is 19.6 Å². The first-order valence-electron chi connectivity index (χ1n) is 5.94. The smallest absolute Gasteiger partial charge is 0.272 e. The average Bonchev–Trinajstić information content (AvgIpc) is 2.83. The molecule has 0 aliphatic carbocycles. The summed E-state index contributed by atoms with van der Waals surface area (Å²) in [7, 11) is 3.85. The SMILES string of the molecule is CN1CCC(N(C)C(=O)c2cccc(C#N)n2)C1. The average molecular weight is 244 g/mol. The van der Waals surface area contributed by atoms with E-state index in [1.54, 1.807) is 30.1 Å². The molecule has 1 aliphatic heterocycles. The van der Waals surface area contributed by atoms with Crippen molar-refractivity contribution in [3.63, 3.8) is 0 Å². The standard InChI is InChI=1S/C13H16N4O/c1-16-7-6-11(9-16)17(2)13(18)12-5-3-4-10(8-14)15-12/h3-5,11H,6-7,9H2,1-2H3. The van der Waals surface area contributed by atoms with E-state index in [1.807, 2.05) is 13.1 Å². The van der Waals surface area contributed by atoms with Crippen molar-refractivity contribution in [3.05, 3.63) is 29.6 Å². The van der Waals surface area contributed by atoms with Gasteiger partial charge < -0.3 is 9.80 Å². The molecule has 1 fully saturated rings. The Kier molecular flexibility index (Phi) is 3.58. The first kappa shape index (κ1) is 12.5. The predicted octanol–water partition coefficient (Wildman–Crippen LogP) is 0.729.